The molecule has 78 heavy (non-hydrogen) atoms. The van der Waals surface area contributed by atoms with Gasteiger partial charge in [0.1, 0.15) is 85.5 Å². The molecule has 0 radical (unpaired) electrons. The Kier molecular flexibility index (Phi) is 28.9. The molecule has 2 rings (SSSR count). The van der Waals surface area contributed by atoms with E-state index in [9.17, 15) is 83.1 Å². The summed E-state index contributed by atoms with van der Waals surface area (Å²) in [5.41, 5.74) is 10.8. The molecule has 0 saturated carbocycles. The van der Waals surface area contributed by atoms with E-state index in [0.717, 1.165) is 13.8 Å². The SMILES string of the molecule is CC(=O)NC1C(OC2C(CO)OC(O)C(NC(C)=O)C2OC(C)C(=O)NC(C)C(=O)NC(CCC(=O)NC(CCCCNC(=O)CNC(=O)CN)C(=O)NC(C)C(=O)NCC(=O)NCC(=O)O)C(N)=O)OC(CO)C(O)C1O. The zero-order chi connectivity index (χ0) is 59.0. The first kappa shape index (κ1) is 67.3. The van der Waals surface area contributed by atoms with Crippen molar-refractivity contribution in [2.75, 3.05) is 45.9 Å². The first-order chi connectivity index (χ1) is 36.6. The maximum atomic E-state index is 13.6. The van der Waals surface area contributed by atoms with Crippen LogP contribution in [0.3, 0.4) is 0 Å². The number of primary amides is 1. The quantitative estimate of drug-likeness (QED) is 0.0278. The van der Waals surface area contributed by atoms with Gasteiger partial charge in [-0.25, -0.2) is 0 Å². The van der Waals surface area contributed by atoms with E-state index in [2.05, 4.69) is 47.9 Å². The fourth-order valence-electron chi connectivity index (χ4n) is 7.56. The third-order valence-electron chi connectivity index (χ3n) is 11.7. The van der Waals surface area contributed by atoms with Crippen molar-refractivity contribution in [2.45, 2.75) is 158 Å². The maximum Gasteiger partial charge on any atom is 0.322 e. The van der Waals surface area contributed by atoms with Crippen LogP contribution in [0.5, 0.6) is 0 Å². The number of aliphatic carboxylic acids is 1. The number of hydrogen-bond acceptors (Lipinski definition) is 22. The summed E-state index contributed by atoms with van der Waals surface area (Å²) in [4.78, 5) is 149. The normalized spacial score (nSPS) is 24.7. The Bertz CT molecular complexity index is 2110. The van der Waals surface area contributed by atoms with Crippen molar-refractivity contribution >= 4 is 70.9 Å². The van der Waals surface area contributed by atoms with Gasteiger partial charge in [-0.3, -0.25) is 57.5 Å². The molecular weight excluding hydrogens is 1050 g/mol. The molecule has 0 bridgehead atoms. The first-order valence-corrected chi connectivity index (χ1v) is 24.6. The number of unbranched alkanes of at least 4 members (excludes halogenated alkanes) is 1. The first-order valence-electron chi connectivity index (χ1n) is 24.6. The van der Waals surface area contributed by atoms with Gasteiger partial charge >= 0.3 is 5.97 Å². The second-order valence-corrected chi connectivity index (χ2v) is 18.0. The highest BCUT2D eigenvalue weighted by Gasteiger charge is 2.53. The molecule has 0 aromatic heterocycles. The molecule has 2 heterocycles. The van der Waals surface area contributed by atoms with Crippen molar-refractivity contribution in [1.82, 2.24) is 53.2 Å². The number of carbonyl (C=O) groups is 12. The van der Waals surface area contributed by atoms with Gasteiger partial charge in [-0.15, -0.1) is 0 Å². The minimum Gasteiger partial charge on any atom is -0.480 e. The third kappa shape index (κ3) is 22.7. The van der Waals surface area contributed by atoms with Crippen molar-refractivity contribution < 1.29 is 107 Å². The molecular formula is C44H74N12O22. The number of carboxylic acid groups (broad SMARTS) is 1. The van der Waals surface area contributed by atoms with E-state index in [1.54, 1.807) is 0 Å². The van der Waals surface area contributed by atoms with Crippen LogP contribution in [-0.4, -0.2) is 239 Å². The number of ether oxygens (including phenoxy) is 4. The summed E-state index contributed by atoms with van der Waals surface area (Å²) in [7, 11) is 0. The molecule has 15 unspecified atom stereocenters. The summed E-state index contributed by atoms with van der Waals surface area (Å²) in [6, 6.07) is -8.75. The molecule has 2 saturated heterocycles. The molecule has 0 spiro atoms. The Hall–Kier alpha value is -6.76. The Balaban J connectivity index is 2.19. The molecule has 442 valence electrons. The largest absolute Gasteiger partial charge is 0.480 e. The summed E-state index contributed by atoms with van der Waals surface area (Å²) in [6.45, 7) is 2.11. The Labute approximate surface area is 446 Å². The lowest BCUT2D eigenvalue weighted by atomic mass is 9.94. The van der Waals surface area contributed by atoms with Gasteiger partial charge in [0.25, 0.3) is 0 Å². The molecule has 11 amide bonds. The van der Waals surface area contributed by atoms with Crippen molar-refractivity contribution in [3.05, 3.63) is 0 Å². The van der Waals surface area contributed by atoms with Gasteiger partial charge in [0.05, 0.1) is 32.8 Å². The van der Waals surface area contributed by atoms with E-state index < -0.39 is 202 Å². The highest BCUT2D eigenvalue weighted by atomic mass is 16.7. The van der Waals surface area contributed by atoms with Crippen molar-refractivity contribution in [1.29, 1.82) is 0 Å². The van der Waals surface area contributed by atoms with Crippen LogP contribution < -0.4 is 64.6 Å². The smallest absolute Gasteiger partial charge is 0.322 e. The van der Waals surface area contributed by atoms with Crippen LogP contribution in [0.2, 0.25) is 0 Å². The summed E-state index contributed by atoms with van der Waals surface area (Å²) in [6.07, 6.45) is -15.7. The molecule has 0 aromatic carbocycles. The average Bonchev–Trinajstić information content (AvgIpc) is 3.41. The highest BCUT2D eigenvalue weighted by Crippen LogP contribution is 2.31. The van der Waals surface area contributed by atoms with Gasteiger partial charge < -0.3 is 114 Å². The molecule has 20 N–H and O–H groups in total. The minimum atomic E-state index is -1.91. The number of rotatable bonds is 32. The lowest BCUT2D eigenvalue weighted by molar-refractivity contribution is -0.333. The standard InChI is InChI=1S/C44H74N12O22/c1-18(39(70)50-14-30(64)49-15-31(65)66)52-42(73)24(8-6-7-11-47-29(63)13-48-28(62)12-45)55-27(61)10-9-23(38(46)69)56-40(71)19(2)51-41(72)20(3)75-37-33(54-22(5)60)43(74)76-26(17-58)36(37)78-44-32(53-21(4)59)35(68)34(67)25(16-57)77-44/h18-20,23-26,32-37,43-44,57-58,67-68,74H,6-17,45H2,1-5H3,(H2,46,69)(H,47,63)(H,48,62)(H,49,64)(H,50,70)(H,51,72)(H,52,73)(H,53,59)(H,54,60)(H,55,61)(H,56,71)(H,65,66). The number of hydrogen-bond donors (Lipinski definition) is 18. The number of nitrogens with one attached hydrogen (secondary N) is 10. The predicted octanol–water partition coefficient (Wildman–Crippen LogP) is -10.8. The highest BCUT2D eigenvalue weighted by molar-refractivity contribution is 5.94. The molecule has 2 fully saturated rings. The van der Waals surface area contributed by atoms with Crippen molar-refractivity contribution in [2.24, 2.45) is 11.5 Å². The van der Waals surface area contributed by atoms with E-state index >= 15 is 0 Å². The molecule has 0 aromatic rings. The van der Waals surface area contributed by atoms with E-state index in [1.165, 1.54) is 20.8 Å². The van der Waals surface area contributed by atoms with Crippen LogP contribution in [0.1, 0.15) is 66.7 Å². The van der Waals surface area contributed by atoms with Crippen LogP contribution in [0.15, 0.2) is 0 Å². The lowest BCUT2D eigenvalue weighted by Gasteiger charge is -2.48. The van der Waals surface area contributed by atoms with Crippen molar-refractivity contribution in [3.63, 3.8) is 0 Å². The number of carbonyl (C=O) groups excluding carboxylic acids is 11. The monoisotopic (exact) mass is 1120 g/mol. The second-order valence-electron chi connectivity index (χ2n) is 18.0. The van der Waals surface area contributed by atoms with Crippen LogP contribution in [0, 0.1) is 0 Å². The molecule has 2 aliphatic heterocycles. The predicted molar refractivity (Wildman–Crippen MR) is 260 cm³/mol. The number of nitrogens with two attached hydrogens (primary N) is 2. The molecule has 15 atom stereocenters. The van der Waals surface area contributed by atoms with E-state index in [1.807, 2.05) is 5.32 Å². The van der Waals surface area contributed by atoms with Crippen LogP contribution in [-0.2, 0) is 76.5 Å². The Morgan fingerprint density at radius 1 is 0.590 bits per heavy atom. The molecule has 0 aliphatic carbocycles. The summed E-state index contributed by atoms with van der Waals surface area (Å²) in [5, 5.41) is 84.5. The topological polar surface area (TPSA) is 535 Å². The van der Waals surface area contributed by atoms with Gasteiger partial charge in [-0.05, 0) is 46.5 Å². The van der Waals surface area contributed by atoms with E-state index in [0.29, 0.717) is 0 Å². The third-order valence-corrected chi connectivity index (χ3v) is 11.7. The fourth-order valence-corrected chi connectivity index (χ4v) is 7.56. The van der Waals surface area contributed by atoms with E-state index in [4.69, 9.17) is 35.5 Å². The Morgan fingerprint density at radius 2 is 1.17 bits per heavy atom. The molecule has 2 aliphatic rings. The van der Waals surface area contributed by atoms with Gasteiger partial charge in [0.2, 0.25) is 65.0 Å². The number of aliphatic hydroxyl groups is 5. The van der Waals surface area contributed by atoms with Crippen LogP contribution in [0.4, 0.5) is 0 Å². The summed E-state index contributed by atoms with van der Waals surface area (Å²) >= 11 is 0. The lowest BCUT2D eigenvalue weighted by Crippen LogP contribution is -2.70. The van der Waals surface area contributed by atoms with Gasteiger partial charge in [0, 0.05) is 26.8 Å². The van der Waals surface area contributed by atoms with Crippen LogP contribution in [0.25, 0.3) is 0 Å². The average molecular weight is 1120 g/mol. The maximum absolute atomic E-state index is 13.6. The summed E-state index contributed by atoms with van der Waals surface area (Å²) < 4.78 is 23.2. The van der Waals surface area contributed by atoms with E-state index in [-0.39, 0.29) is 38.9 Å². The van der Waals surface area contributed by atoms with Gasteiger partial charge in [-0.1, -0.05) is 0 Å². The minimum absolute atomic E-state index is 0.0779. The number of aliphatic hydroxyl groups excluding tert-OH is 5. The Morgan fingerprint density at radius 3 is 1.76 bits per heavy atom. The zero-order valence-electron chi connectivity index (χ0n) is 43.5. The number of amides is 11. The fraction of sp³-hybridized carbons (Fsp3) is 0.727. The zero-order valence-corrected chi connectivity index (χ0v) is 43.5. The van der Waals surface area contributed by atoms with Gasteiger partial charge in [0.15, 0.2) is 12.6 Å². The van der Waals surface area contributed by atoms with Crippen LogP contribution >= 0.6 is 0 Å². The molecule has 34 heteroatoms. The van der Waals surface area contributed by atoms with Crippen molar-refractivity contribution in [3.8, 4) is 0 Å². The summed E-state index contributed by atoms with van der Waals surface area (Å²) in [5.74, 6) is -10.4. The molecule has 34 nitrogen and oxygen atoms in total. The number of carboxylic acids is 1. The second kappa shape index (κ2) is 33.5. The van der Waals surface area contributed by atoms with Gasteiger partial charge in [-0.2, -0.15) is 0 Å².